The molecule has 0 saturated carbocycles. The van der Waals surface area contributed by atoms with Crippen molar-refractivity contribution < 1.29 is 9.53 Å². The van der Waals surface area contributed by atoms with Crippen LogP contribution >= 0.6 is 0 Å². The van der Waals surface area contributed by atoms with E-state index in [1.807, 2.05) is 6.07 Å². The van der Waals surface area contributed by atoms with Gasteiger partial charge in [-0.1, -0.05) is 12.1 Å². The number of pyridine rings is 2. The Hall–Kier alpha value is -3.72. The maximum atomic E-state index is 12.3. The Morgan fingerprint density at radius 1 is 1.16 bits per heavy atom. The SMILES string of the molecule is CC(=O)Oc1cccc(-c2cc(-c3ccncc3)[nH]c(=O)c2C#N)c1. The van der Waals surface area contributed by atoms with Gasteiger partial charge in [0.05, 0.1) is 0 Å². The number of carbonyl (C=O) groups excluding carboxylic acids is 1. The van der Waals surface area contributed by atoms with Crippen molar-refractivity contribution in [3.05, 3.63) is 70.8 Å². The highest BCUT2D eigenvalue weighted by Gasteiger charge is 2.13. The summed E-state index contributed by atoms with van der Waals surface area (Å²) in [7, 11) is 0. The fourth-order valence-electron chi connectivity index (χ4n) is 2.48. The largest absolute Gasteiger partial charge is 0.427 e. The number of benzene rings is 1. The number of H-pyrrole nitrogens is 1. The van der Waals surface area contributed by atoms with E-state index in [0.29, 0.717) is 22.6 Å². The summed E-state index contributed by atoms with van der Waals surface area (Å²) in [4.78, 5) is 30.1. The van der Waals surface area contributed by atoms with Gasteiger partial charge in [-0.15, -0.1) is 0 Å². The van der Waals surface area contributed by atoms with E-state index in [1.54, 1.807) is 54.9 Å². The van der Waals surface area contributed by atoms with Gasteiger partial charge in [-0.25, -0.2) is 0 Å². The number of nitriles is 1. The maximum Gasteiger partial charge on any atom is 0.308 e. The minimum absolute atomic E-state index is 0.00205. The van der Waals surface area contributed by atoms with Crippen molar-refractivity contribution in [1.29, 1.82) is 5.26 Å². The lowest BCUT2D eigenvalue weighted by Gasteiger charge is -2.09. The van der Waals surface area contributed by atoms with Gasteiger partial charge in [0, 0.05) is 36.1 Å². The number of ether oxygens (including phenoxy) is 1. The minimum atomic E-state index is -0.482. The molecule has 0 aliphatic heterocycles. The molecule has 0 unspecified atom stereocenters. The minimum Gasteiger partial charge on any atom is -0.427 e. The van der Waals surface area contributed by atoms with Crippen LogP contribution in [0.25, 0.3) is 22.4 Å². The summed E-state index contributed by atoms with van der Waals surface area (Å²) in [5, 5.41) is 9.37. The van der Waals surface area contributed by atoms with E-state index < -0.39 is 11.5 Å². The Kier molecular flexibility index (Phi) is 4.40. The van der Waals surface area contributed by atoms with Crippen molar-refractivity contribution in [2.24, 2.45) is 0 Å². The van der Waals surface area contributed by atoms with Gasteiger partial charge in [0.1, 0.15) is 17.4 Å². The predicted octanol–water partition coefficient (Wildman–Crippen LogP) is 2.90. The van der Waals surface area contributed by atoms with Crippen molar-refractivity contribution in [3.8, 4) is 34.2 Å². The molecule has 0 saturated heterocycles. The number of aromatic amines is 1. The van der Waals surface area contributed by atoms with Crippen LogP contribution in [0, 0.1) is 11.3 Å². The van der Waals surface area contributed by atoms with Gasteiger partial charge in [0.2, 0.25) is 0 Å². The van der Waals surface area contributed by atoms with E-state index >= 15 is 0 Å². The Labute approximate surface area is 143 Å². The molecule has 6 heteroatoms. The smallest absolute Gasteiger partial charge is 0.308 e. The molecule has 25 heavy (non-hydrogen) atoms. The molecule has 0 aliphatic rings. The Bertz CT molecular complexity index is 1030. The second kappa shape index (κ2) is 6.81. The second-order valence-electron chi connectivity index (χ2n) is 5.27. The second-order valence-corrected chi connectivity index (χ2v) is 5.27. The molecule has 0 spiro atoms. The van der Waals surface area contributed by atoms with Crippen LogP contribution < -0.4 is 10.3 Å². The van der Waals surface area contributed by atoms with Crippen LogP contribution in [0.2, 0.25) is 0 Å². The van der Waals surface area contributed by atoms with Crippen molar-refractivity contribution in [2.75, 3.05) is 0 Å². The molecule has 3 aromatic rings. The van der Waals surface area contributed by atoms with Crippen LogP contribution in [0.1, 0.15) is 12.5 Å². The average molecular weight is 331 g/mol. The molecule has 0 aliphatic carbocycles. The predicted molar refractivity (Wildman–Crippen MR) is 91.8 cm³/mol. The first-order chi connectivity index (χ1) is 12.1. The lowest BCUT2D eigenvalue weighted by Crippen LogP contribution is -2.12. The van der Waals surface area contributed by atoms with E-state index in [0.717, 1.165) is 5.56 Å². The molecule has 2 heterocycles. The normalized spacial score (nSPS) is 10.1. The van der Waals surface area contributed by atoms with Gasteiger partial charge in [-0.2, -0.15) is 5.26 Å². The van der Waals surface area contributed by atoms with Crippen LogP contribution in [0.15, 0.2) is 59.7 Å². The Morgan fingerprint density at radius 2 is 1.92 bits per heavy atom. The number of hydrogen-bond donors (Lipinski definition) is 1. The highest BCUT2D eigenvalue weighted by Crippen LogP contribution is 2.28. The molecule has 122 valence electrons. The Morgan fingerprint density at radius 3 is 2.60 bits per heavy atom. The zero-order valence-electron chi connectivity index (χ0n) is 13.3. The monoisotopic (exact) mass is 331 g/mol. The fraction of sp³-hybridized carbons (Fsp3) is 0.0526. The molecule has 1 aromatic carbocycles. The van der Waals surface area contributed by atoms with E-state index in [4.69, 9.17) is 4.74 Å². The fourth-order valence-corrected chi connectivity index (χ4v) is 2.48. The van der Waals surface area contributed by atoms with Gasteiger partial charge in [0.15, 0.2) is 0 Å². The summed E-state index contributed by atoms with van der Waals surface area (Å²) < 4.78 is 5.08. The van der Waals surface area contributed by atoms with Crippen LogP contribution in [-0.4, -0.2) is 15.9 Å². The van der Waals surface area contributed by atoms with Crippen molar-refractivity contribution in [2.45, 2.75) is 6.92 Å². The zero-order chi connectivity index (χ0) is 17.8. The summed E-state index contributed by atoms with van der Waals surface area (Å²) in [6, 6.07) is 13.9. The molecule has 0 fully saturated rings. The highest BCUT2D eigenvalue weighted by molar-refractivity contribution is 5.77. The Balaban J connectivity index is 2.18. The first-order valence-electron chi connectivity index (χ1n) is 7.45. The van der Waals surface area contributed by atoms with Crippen LogP contribution in [-0.2, 0) is 4.79 Å². The van der Waals surface area contributed by atoms with Gasteiger partial charge in [-0.3, -0.25) is 14.6 Å². The third kappa shape index (κ3) is 3.46. The first kappa shape index (κ1) is 16.1. The zero-order valence-corrected chi connectivity index (χ0v) is 13.3. The van der Waals surface area contributed by atoms with Crippen molar-refractivity contribution >= 4 is 5.97 Å². The first-order valence-corrected chi connectivity index (χ1v) is 7.45. The van der Waals surface area contributed by atoms with E-state index in [9.17, 15) is 14.9 Å². The molecule has 0 amide bonds. The number of nitrogens with zero attached hydrogens (tertiary/aromatic N) is 2. The molecule has 6 nitrogen and oxygen atoms in total. The van der Waals surface area contributed by atoms with E-state index in [2.05, 4.69) is 9.97 Å². The molecule has 0 atom stereocenters. The number of nitrogens with one attached hydrogen (secondary N) is 1. The molecule has 1 N–H and O–H groups in total. The molecular weight excluding hydrogens is 318 g/mol. The number of carbonyl (C=O) groups is 1. The summed E-state index contributed by atoms with van der Waals surface area (Å²) >= 11 is 0. The maximum absolute atomic E-state index is 12.3. The summed E-state index contributed by atoms with van der Waals surface area (Å²) in [6.45, 7) is 1.31. The van der Waals surface area contributed by atoms with Crippen LogP contribution in [0.5, 0.6) is 5.75 Å². The summed E-state index contributed by atoms with van der Waals surface area (Å²) in [5.41, 5.74) is 1.93. The van der Waals surface area contributed by atoms with Crippen molar-refractivity contribution in [1.82, 2.24) is 9.97 Å². The van der Waals surface area contributed by atoms with Gasteiger partial charge >= 0.3 is 5.97 Å². The molecule has 0 bridgehead atoms. The standard InChI is InChI=1S/C19H13N3O3/c1-12(23)25-15-4-2-3-14(9-15)16-10-18(13-5-7-21-8-6-13)22-19(24)17(16)11-20/h2-10H,1H3,(H,22,24). The van der Waals surface area contributed by atoms with E-state index in [1.165, 1.54) is 6.92 Å². The summed E-state index contributed by atoms with van der Waals surface area (Å²) in [5.74, 6) is -0.0966. The topological polar surface area (TPSA) is 95.8 Å². The third-order valence-corrected chi connectivity index (χ3v) is 3.54. The number of esters is 1. The third-order valence-electron chi connectivity index (χ3n) is 3.54. The van der Waals surface area contributed by atoms with Gasteiger partial charge < -0.3 is 9.72 Å². The highest BCUT2D eigenvalue weighted by atomic mass is 16.5. The lowest BCUT2D eigenvalue weighted by atomic mass is 9.99. The quantitative estimate of drug-likeness (QED) is 0.588. The molecule has 0 radical (unpaired) electrons. The molecule has 3 rings (SSSR count). The number of rotatable bonds is 3. The summed E-state index contributed by atoms with van der Waals surface area (Å²) in [6.07, 6.45) is 3.24. The van der Waals surface area contributed by atoms with Crippen molar-refractivity contribution in [3.63, 3.8) is 0 Å². The number of aromatic nitrogens is 2. The molecular formula is C19H13N3O3. The van der Waals surface area contributed by atoms with Crippen LogP contribution in [0.4, 0.5) is 0 Å². The van der Waals surface area contributed by atoms with Crippen LogP contribution in [0.3, 0.4) is 0 Å². The van der Waals surface area contributed by atoms with Gasteiger partial charge in [-0.05, 0) is 35.9 Å². The average Bonchev–Trinajstić information content (AvgIpc) is 2.61. The van der Waals surface area contributed by atoms with Gasteiger partial charge in [0.25, 0.3) is 5.56 Å². The lowest BCUT2D eigenvalue weighted by molar-refractivity contribution is -0.131. The van der Waals surface area contributed by atoms with E-state index in [-0.39, 0.29) is 5.56 Å². The molecule has 2 aromatic heterocycles. The number of hydrogen-bond acceptors (Lipinski definition) is 5.